The van der Waals surface area contributed by atoms with Gasteiger partial charge in [0.1, 0.15) is 0 Å². The largest absolute Gasteiger partial charge is 0.355 e. The van der Waals surface area contributed by atoms with Gasteiger partial charge in [0.25, 0.3) is 0 Å². The molecule has 3 nitrogen and oxygen atoms in total. The summed E-state index contributed by atoms with van der Waals surface area (Å²) in [4.78, 5) is 16.0. The number of nitrogens with zero attached hydrogens (tertiary/aromatic N) is 1. The predicted molar refractivity (Wildman–Crippen MR) is 114 cm³/mol. The van der Waals surface area contributed by atoms with Crippen molar-refractivity contribution in [2.45, 2.75) is 36.5 Å². The van der Waals surface area contributed by atoms with Gasteiger partial charge in [-0.25, -0.2) is 0 Å². The lowest BCUT2D eigenvalue weighted by Crippen LogP contribution is -2.42. The van der Waals surface area contributed by atoms with E-state index < -0.39 is 0 Å². The van der Waals surface area contributed by atoms with Crippen molar-refractivity contribution in [1.29, 1.82) is 0 Å². The van der Waals surface area contributed by atoms with Gasteiger partial charge in [-0.3, -0.25) is 9.69 Å². The minimum atomic E-state index is -0.116. The Morgan fingerprint density at radius 2 is 1.96 bits per heavy atom. The average Bonchev–Trinajstić information content (AvgIpc) is 2.69. The first-order chi connectivity index (χ1) is 13.1. The number of halogens is 1. The Labute approximate surface area is 171 Å². The van der Waals surface area contributed by atoms with Gasteiger partial charge in [-0.15, -0.1) is 11.8 Å². The molecule has 1 saturated heterocycles. The maximum absolute atomic E-state index is 12.5. The Bertz CT molecular complexity index is 723. The van der Waals surface area contributed by atoms with E-state index in [1.165, 1.54) is 18.4 Å². The summed E-state index contributed by atoms with van der Waals surface area (Å²) >= 11 is 7.49. The standard InChI is InChI=1S/C22H27ClN2OS/c1-17(27-21-11-9-20(23)10-12-21)22(26)24-14-19-8-5-13-25(16-19)15-18-6-3-2-4-7-18/h2-4,6-7,9-12,17,19H,5,8,13-16H2,1H3,(H,24,26). The molecule has 1 fully saturated rings. The van der Waals surface area contributed by atoms with Crippen LogP contribution in [0.5, 0.6) is 0 Å². The van der Waals surface area contributed by atoms with Gasteiger partial charge < -0.3 is 5.32 Å². The Morgan fingerprint density at radius 1 is 1.22 bits per heavy atom. The molecular weight excluding hydrogens is 376 g/mol. The Hall–Kier alpha value is -1.49. The molecule has 1 aliphatic heterocycles. The lowest BCUT2D eigenvalue weighted by molar-refractivity contribution is -0.120. The minimum Gasteiger partial charge on any atom is -0.355 e. The van der Waals surface area contributed by atoms with Gasteiger partial charge in [-0.05, 0) is 62.1 Å². The number of thioether (sulfide) groups is 1. The number of amides is 1. The Morgan fingerprint density at radius 3 is 2.70 bits per heavy atom. The molecule has 27 heavy (non-hydrogen) atoms. The van der Waals surface area contributed by atoms with Crippen LogP contribution in [-0.2, 0) is 11.3 Å². The second kappa shape index (κ2) is 10.2. The van der Waals surface area contributed by atoms with Gasteiger partial charge in [0.05, 0.1) is 5.25 Å². The lowest BCUT2D eigenvalue weighted by Gasteiger charge is -2.33. The summed E-state index contributed by atoms with van der Waals surface area (Å²) in [6, 6.07) is 18.2. The third-order valence-corrected chi connectivity index (χ3v) is 6.28. The molecule has 144 valence electrons. The fourth-order valence-corrected chi connectivity index (χ4v) is 4.48. The third-order valence-electron chi connectivity index (χ3n) is 4.91. The molecule has 2 atom stereocenters. The molecule has 1 N–H and O–H groups in total. The number of piperidine rings is 1. The molecule has 5 heteroatoms. The number of likely N-dealkylation sites (tertiary alicyclic amines) is 1. The molecule has 2 aromatic carbocycles. The molecule has 1 aliphatic rings. The van der Waals surface area contributed by atoms with Gasteiger partial charge >= 0.3 is 0 Å². The van der Waals surface area contributed by atoms with E-state index in [-0.39, 0.29) is 11.2 Å². The molecule has 0 bridgehead atoms. The average molecular weight is 403 g/mol. The van der Waals surface area contributed by atoms with Gasteiger partial charge in [-0.2, -0.15) is 0 Å². The zero-order valence-electron chi connectivity index (χ0n) is 15.7. The van der Waals surface area contributed by atoms with Gasteiger partial charge in [0.15, 0.2) is 0 Å². The zero-order chi connectivity index (χ0) is 19.1. The van der Waals surface area contributed by atoms with Crippen LogP contribution in [0.25, 0.3) is 0 Å². The molecule has 1 heterocycles. The number of rotatable bonds is 7. The van der Waals surface area contributed by atoms with Crippen LogP contribution in [0.15, 0.2) is 59.5 Å². The van der Waals surface area contributed by atoms with E-state index in [1.54, 1.807) is 11.8 Å². The molecule has 3 rings (SSSR count). The number of carbonyl (C=O) groups is 1. The van der Waals surface area contributed by atoms with E-state index in [2.05, 4.69) is 40.5 Å². The van der Waals surface area contributed by atoms with Gasteiger partial charge in [-0.1, -0.05) is 41.9 Å². The van der Waals surface area contributed by atoms with Crippen LogP contribution in [-0.4, -0.2) is 35.7 Å². The summed E-state index contributed by atoms with van der Waals surface area (Å²) in [5, 5.41) is 3.76. The molecule has 0 aromatic heterocycles. The quantitative estimate of drug-likeness (QED) is 0.672. The normalized spacial score (nSPS) is 18.8. The molecule has 0 spiro atoms. The first-order valence-corrected chi connectivity index (χ1v) is 10.8. The Balaban J connectivity index is 1.43. The van der Waals surface area contributed by atoms with Gasteiger partial charge in [0, 0.05) is 29.6 Å². The van der Waals surface area contributed by atoms with E-state index >= 15 is 0 Å². The van der Waals surface area contributed by atoms with Crippen molar-refractivity contribution >= 4 is 29.3 Å². The number of hydrogen-bond acceptors (Lipinski definition) is 3. The molecule has 0 saturated carbocycles. The van der Waals surface area contributed by atoms with Crippen LogP contribution >= 0.6 is 23.4 Å². The highest BCUT2D eigenvalue weighted by Gasteiger charge is 2.22. The van der Waals surface area contributed by atoms with E-state index in [0.717, 1.165) is 31.1 Å². The minimum absolute atomic E-state index is 0.107. The number of hydrogen-bond donors (Lipinski definition) is 1. The van der Waals surface area contributed by atoms with Crippen molar-refractivity contribution in [3.05, 3.63) is 65.2 Å². The maximum Gasteiger partial charge on any atom is 0.233 e. The van der Waals surface area contributed by atoms with Gasteiger partial charge in [0.2, 0.25) is 5.91 Å². The maximum atomic E-state index is 12.5. The second-order valence-electron chi connectivity index (χ2n) is 7.19. The molecule has 2 unspecified atom stereocenters. The predicted octanol–water partition coefficient (Wildman–Crippen LogP) is 4.85. The number of carbonyl (C=O) groups excluding carboxylic acids is 1. The van der Waals surface area contributed by atoms with Crippen molar-refractivity contribution in [2.75, 3.05) is 19.6 Å². The van der Waals surface area contributed by atoms with Crippen molar-refractivity contribution in [3.8, 4) is 0 Å². The first kappa shape index (κ1) is 20.2. The van der Waals surface area contributed by atoms with Crippen LogP contribution in [0.1, 0.15) is 25.3 Å². The van der Waals surface area contributed by atoms with Crippen LogP contribution < -0.4 is 5.32 Å². The third kappa shape index (κ3) is 6.56. The van der Waals surface area contributed by atoms with Crippen molar-refractivity contribution < 1.29 is 4.79 Å². The fourth-order valence-electron chi connectivity index (χ4n) is 3.46. The highest BCUT2D eigenvalue weighted by atomic mass is 35.5. The summed E-state index contributed by atoms with van der Waals surface area (Å²) in [6.07, 6.45) is 2.38. The lowest BCUT2D eigenvalue weighted by atomic mass is 9.97. The SMILES string of the molecule is CC(Sc1ccc(Cl)cc1)C(=O)NCC1CCCN(Cc2ccccc2)C1. The smallest absolute Gasteiger partial charge is 0.233 e. The first-order valence-electron chi connectivity index (χ1n) is 9.56. The highest BCUT2D eigenvalue weighted by Crippen LogP contribution is 2.25. The molecule has 0 radical (unpaired) electrons. The summed E-state index contributed by atoms with van der Waals surface area (Å²) in [7, 11) is 0. The Kier molecular flexibility index (Phi) is 7.62. The topological polar surface area (TPSA) is 32.3 Å². The van der Waals surface area contributed by atoms with Crippen molar-refractivity contribution in [2.24, 2.45) is 5.92 Å². The molecule has 2 aromatic rings. The number of benzene rings is 2. The molecular formula is C22H27ClN2OS. The summed E-state index contributed by atoms with van der Waals surface area (Å²) in [5.41, 5.74) is 1.36. The monoisotopic (exact) mass is 402 g/mol. The van der Waals surface area contributed by atoms with Crippen LogP contribution in [0.3, 0.4) is 0 Å². The summed E-state index contributed by atoms with van der Waals surface area (Å²) in [6.45, 7) is 5.90. The molecule has 1 amide bonds. The second-order valence-corrected chi connectivity index (χ2v) is 9.04. The summed E-state index contributed by atoms with van der Waals surface area (Å²) < 4.78 is 0. The van der Waals surface area contributed by atoms with E-state index in [0.29, 0.717) is 10.9 Å². The van der Waals surface area contributed by atoms with Crippen molar-refractivity contribution in [1.82, 2.24) is 10.2 Å². The van der Waals surface area contributed by atoms with Crippen LogP contribution in [0.4, 0.5) is 0 Å². The van der Waals surface area contributed by atoms with E-state index in [4.69, 9.17) is 11.6 Å². The number of nitrogens with one attached hydrogen (secondary N) is 1. The zero-order valence-corrected chi connectivity index (χ0v) is 17.3. The van der Waals surface area contributed by atoms with Crippen LogP contribution in [0, 0.1) is 5.92 Å². The fraction of sp³-hybridized carbons (Fsp3) is 0.409. The van der Waals surface area contributed by atoms with E-state index in [1.807, 2.05) is 31.2 Å². The summed E-state index contributed by atoms with van der Waals surface area (Å²) in [5.74, 6) is 0.634. The van der Waals surface area contributed by atoms with E-state index in [9.17, 15) is 4.79 Å². The highest BCUT2D eigenvalue weighted by molar-refractivity contribution is 8.00. The molecule has 0 aliphatic carbocycles. The van der Waals surface area contributed by atoms with Crippen LogP contribution in [0.2, 0.25) is 5.02 Å². The van der Waals surface area contributed by atoms with Crippen molar-refractivity contribution in [3.63, 3.8) is 0 Å².